The van der Waals surface area contributed by atoms with E-state index in [4.69, 9.17) is 28.1 Å². The van der Waals surface area contributed by atoms with E-state index in [2.05, 4.69) is 94.2 Å². The van der Waals surface area contributed by atoms with Crippen molar-refractivity contribution in [3.05, 3.63) is 47.1 Å². The Hall–Kier alpha value is -1.91. The molecule has 0 unspecified atom stereocenters. The van der Waals surface area contributed by atoms with Crippen molar-refractivity contribution in [1.82, 2.24) is 0 Å². The lowest BCUT2D eigenvalue weighted by Gasteiger charge is -2.52. The van der Waals surface area contributed by atoms with Gasteiger partial charge in [-0.1, -0.05) is 98.0 Å². The Labute approximate surface area is 353 Å². The van der Waals surface area contributed by atoms with E-state index >= 15 is 0 Å². The van der Waals surface area contributed by atoms with Crippen molar-refractivity contribution in [2.24, 2.45) is 23.7 Å². The lowest BCUT2D eigenvalue weighted by Crippen LogP contribution is -2.61. The Morgan fingerprint density at radius 3 is 2.31 bits per heavy atom. The van der Waals surface area contributed by atoms with Gasteiger partial charge in [-0.05, 0) is 93.1 Å². The predicted molar refractivity (Wildman–Crippen MR) is 237 cm³/mol. The first kappa shape index (κ1) is 50.4. The Kier molecular flexibility index (Phi) is 17.7. The van der Waals surface area contributed by atoms with E-state index in [1.807, 2.05) is 6.08 Å². The zero-order chi connectivity index (χ0) is 44.0. The van der Waals surface area contributed by atoms with Crippen LogP contribution in [0.4, 0.5) is 0 Å². The largest absolute Gasteiger partial charge is 0.466 e. The third kappa shape index (κ3) is 12.8. The first-order valence-electron chi connectivity index (χ1n) is 21.6. The average Bonchev–Trinajstić information content (AvgIpc) is 3.10. The van der Waals surface area contributed by atoms with Crippen LogP contribution in [0.25, 0.3) is 0 Å². The number of aliphatic hydroxyl groups excluding tert-OH is 1. The fourth-order valence-electron chi connectivity index (χ4n) is 8.41. The number of hydrogen-bond donors (Lipinski definition) is 2. The SMILES string of the molecule is COC(=O)/C(=C\C=C/[C@H](C)C/C(C)=C/C[C@@H]1C[C@H](O[Si](C)(C)C(C)(C)C)C[C@]2(CC[C@H](C)[C@@H](C(C)C)O2)O1)[C@]1(O)[C@H](O)[C@H](OC)C(C)=C[C@H]1C(=O)OCC[Si](C)(C)C. The molecule has 2 aliphatic heterocycles. The summed E-state index contributed by atoms with van der Waals surface area (Å²) in [6.07, 6.45) is 11.4. The Balaban J connectivity index is 1.83. The molecule has 10 nitrogen and oxygen atoms in total. The molecule has 1 spiro atoms. The van der Waals surface area contributed by atoms with Gasteiger partial charge < -0.3 is 38.3 Å². The van der Waals surface area contributed by atoms with Crippen LogP contribution in [0.5, 0.6) is 0 Å². The number of carbonyl (C=O) groups excluding carboxylic acids is 2. The monoisotopic (exact) mass is 849 g/mol. The van der Waals surface area contributed by atoms with Gasteiger partial charge in [-0.3, -0.25) is 4.79 Å². The molecule has 1 aliphatic carbocycles. The molecular formula is C46H80O10Si2. The average molecular weight is 849 g/mol. The highest BCUT2D eigenvalue weighted by Gasteiger charge is 2.57. The van der Waals surface area contributed by atoms with Crippen LogP contribution in [-0.2, 0) is 37.7 Å². The molecule has 2 N–H and O–H groups in total. The van der Waals surface area contributed by atoms with E-state index in [0.717, 1.165) is 44.6 Å². The standard InChI is InChI=1S/C46H80O10Si2/c1-30(2)39-33(5)22-23-45(55-39)29-36(56-58(15,16)44(7,8)9)28-35(54-45)21-20-32(4)26-31(3)18-17-19-37(42(48)52-11)46(50)38(27-34(6)40(51-10)41(46)47)43(49)53-24-25-57(12,13)14/h17-20,27,30-31,33,35-36,38-41,47,50H,21-26,28-29H2,1-16H3/b18-17-,32-20+,37-19+/t31-,33-,35+,36-,38-,39+,40+,41+,45+,46+/m0/s1. The Morgan fingerprint density at radius 1 is 1.09 bits per heavy atom. The van der Waals surface area contributed by atoms with Crippen molar-refractivity contribution in [2.75, 3.05) is 20.8 Å². The molecule has 0 saturated carbocycles. The minimum atomic E-state index is -2.37. The minimum absolute atomic E-state index is 0.0393. The van der Waals surface area contributed by atoms with Gasteiger partial charge in [0.2, 0.25) is 0 Å². The molecular weight excluding hydrogens is 769 g/mol. The molecule has 12 heteroatoms. The fourth-order valence-corrected chi connectivity index (χ4v) is 10.5. The molecule has 0 radical (unpaired) electrons. The van der Waals surface area contributed by atoms with E-state index in [-0.39, 0.29) is 41.4 Å². The molecule has 3 rings (SSSR count). The summed E-state index contributed by atoms with van der Waals surface area (Å²) in [5.41, 5.74) is -0.877. The summed E-state index contributed by atoms with van der Waals surface area (Å²) >= 11 is 0. The maximum absolute atomic E-state index is 13.6. The summed E-state index contributed by atoms with van der Waals surface area (Å²) < 4.78 is 37.2. The molecule has 3 aliphatic rings. The van der Waals surface area contributed by atoms with Gasteiger partial charge in [0, 0.05) is 28.0 Å². The number of rotatable bonds is 16. The second-order valence-electron chi connectivity index (χ2n) is 20.7. The number of methoxy groups -OCH3 is 2. The number of carbonyl (C=O) groups is 2. The summed E-state index contributed by atoms with van der Waals surface area (Å²) in [6, 6.07) is 0.733. The lowest BCUT2D eigenvalue weighted by atomic mass is 9.69. The minimum Gasteiger partial charge on any atom is -0.466 e. The molecule has 2 fully saturated rings. The Bertz CT molecular complexity index is 1520. The maximum atomic E-state index is 13.6. The zero-order valence-corrected chi connectivity index (χ0v) is 40.9. The smallest absolute Gasteiger partial charge is 0.336 e. The normalized spacial score (nSPS) is 32.4. The molecule has 0 amide bonds. The molecule has 0 aromatic rings. The maximum Gasteiger partial charge on any atom is 0.336 e. The van der Waals surface area contributed by atoms with Crippen LogP contribution >= 0.6 is 0 Å². The van der Waals surface area contributed by atoms with Gasteiger partial charge in [-0.15, -0.1) is 0 Å². The highest BCUT2D eigenvalue weighted by molar-refractivity contribution is 6.76. The van der Waals surface area contributed by atoms with Crippen molar-refractivity contribution in [2.45, 2.75) is 187 Å². The van der Waals surface area contributed by atoms with Gasteiger partial charge >= 0.3 is 11.9 Å². The third-order valence-electron chi connectivity index (χ3n) is 12.9. The highest BCUT2D eigenvalue weighted by atomic mass is 28.4. The zero-order valence-electron chi connectivity index (χ0n) is 38.9. The topological polar surface area (TPSA) is 130 Å². The van der Waals surface area contributed by atoms with E-state index < -0.39 is 57.8 Å². The molecule has 58 heavy (non-hydrogen) atoms. The molecule has 0 bridgehead atoms. The number of ether oxygens (including phenoxy) is 5. The molecule has 2 saturated heterocycles. The summed E-state index contributed by atoms with van der Waals surface area (Å²) in [4.78, 5) is 26.9. The van der Waals surface area contributed by atoms with Gasteiger partial charge in [0.15, 0.2) is 14.1 Å². The summed E-state index contributed by atoms with van der Waals surface area (Å²) in [7, 11) is -0.945. The lowest BCUT2D eigenvalue weighted by molar-refractivity contribution is -0.338. The first-order chi connectivity index (χ1) is 26.7. The highest BCUT2D eigenvalue weighted by Crippen LogP contribution is 2.47. The predicted octanol–water partition coefficient (Wildman–Crippen LogP) is 9.31. The number of esters is 2. The second-order valence-corrected chi connectivity index (χ2v) is 31.0. The van der Waals surface area contributed by atoms with Crippen molar-refractivity contribution < 1.29 is 47.9 Å². The third-order valence-corrected chi connectivity index (χ3v) is 19.1. The van der Waals surface area contributed by atoms with E-state index in [1.165, 1.54) is 31.9 Å². The van der Waals surface area contributed by atoms with Crippen LogP contribution < -0.4 is 0 Å². The first-order valence-corrected chi connectivity index (χ1v) is 28.3. The summed E-state index contributed by atoms with van der Waals surface area (Å²) in [5.74, 6) is -2.67. The second kappa shape index (κ2) is 20.3. The van der Waals surface area contributed by atoms with Gasteiger partial charge in [-0.25, -0.2) is 4.79 Å². The molecule has 332 valence electrons. The van der Waals surface area contributed by atoms with E-state index in [1.54, 1.807) is 13.0 Å². The Morgan fingerprint density at radius 2 is 1.74 bits per heavy atom. The molecule has 0 aromatic carbocycles. The van der Waals surface area contributed by atoms with Crippen molar-refractivity contribution in [3.8, 4) is 0 Å². The van der Waals surface area contributed by atoms with Crippen LogP contribution in [0.1, 0.15) is 101 Å². The van der Waals surface area contributed by atoms with Gasteiger partial charge in [0.05, 0.1) is 37.6 Å². The number of hydrogen-bond acceptors (Lipinski definition) is 10. The van der Waals surface area contributed by atoms with Gasteiger partial charge in [0.25, 0.3) is 0 Å². The molecule has 10 atom stereocenters. The fraction of sp³-hybridized carbons (Fsp3) is 0.783. The van der Waals surface area contributed by atoms with Crippen LogP contribution in [0.2, 0.25) is 43.8 Å². The van der Waals surface area contributed by atoms with Crippen molar-refractivity contribution in [1.29, 1.82) is 0 Å². The number of allylic oxidation sites excluding steroid dienone is 4. The van der Waals surface area contributed by atoms with Crippen LogP contribution in [0.15, 0.2) is 47.1 Å². The van der Waals surface area contributed by atoms with Gasteiger partial charge in [-0.2, -0.15) is 0 Å². The van der Waals surface area contributed by atoms with Gasteiger partial charge in [0.1, 0.15) is 23.7 Å². The summed E-state index contributed by atoms with van der Waals surface area (Å²) in [6.45, 7) is 30.9. The van der Waals surface area contributed by atoms with E-state index in [0.29, 0.717) is 17.4 Å². The number of aliphatic hydroxyl groups is 2. The van der Waals surface area contributed by atoms with E-state index in [9.17, 15) is 19.8 Å². The summed E-state index contributed by atoms with van der Waals surface area (Å²) in [5, 5.41) is 23.9. The quantitative estimate of drug-likeness (QED) is 0.0510. The van der Waals surface area contributed by atoms with Crippen LogP contribution in [0.3, 0.4) is 0 Å². The van der Waals surface area contributed by atoms with Crippen LogP contribution in [0, 0.1) is 23.7 Å². The molecule has 2 heterocycles. The van der Waals surface area contributed by atoms with Crippen molar-refractivity contribution >= 4 is 28.3 Å². The molecule has 0 aromatic heterocycles. The van der Waals surface area contributed by atoms with Crippen molar-refractivity contribution in [3.63, 3.8) is 0 Å². The van der Waals surface area contributed by atoms with Crippen LogP contribution in [-0.4, -0.2) is 101 Å².